The van der Waals surface area contributed by atoms with E-state index >= 15 is 0 Å². The summed E-state index contributed by atoms with van der Waals surface area (Å²) in [6.07, 6.45) is 1.08. The molecule has 2 aliphatic rings. The molecular formula is C21H37IN6O. The fourth-order valence-electron chi connectivity index (χ4n) is 3.81. The molecule has 29 heavy (non-hydrogen) atoms. The van der Waals surface area contributed by atoms with E-state index in [4.69, 9.17) is 10.5 Å². The molecule has 0 radical (unpaired) electrons. The van der Waals surface area contributed by atoms with Crippen molar-refractivity contribution in [3.63, 3.8) is 0 Å². The van der Waals surface area contributed by atoms with Crippen molar-refractivity contribution in [1.29, 1.82) is 0 Å². The minimum absolute atomic E-state index is 0. The number of aliphatic imine (C=N–C) groups is 1. The Bertz CT molecular complexity index is 588. The van der Waals surface area contributed by atoms with Crippen LogP contribution in [0.5, 0.6) is 0 Å². The Morgan fingerprint density at radius 1 is 1.10 bits per heavy atom. The predicted octanol–water partition coefficient (Wildman–Crippen LogP) is 1.44. The highest BCUT2D eigenvalue weighted by atomic mass is 127. The maximum Gasteiger partial charge on any atom is 0.188 e. The first-order chi connectivity index (χ1) is 13.7. The van der Waals surface area contributed by atoms with Gasteiger partial charge in [0.1, 0.15) is 0 Å². The molecule has 0 bridgehead atoms. The first-order valence-corrected chi connectivity index (χ1v) is 10.6. The highest BCUT2D eigenvalue weighted by Crippen LogP contribution is 2.16. The van der Waals surface area contributed by atoms with Crippen molar-refractivity contribution in [2.24, 2.45) is 10.7 Å². The third-order valence-electron chi connectivity index (χ3n) is 5.65. The van der Waals surface area contributed by atoms with Gasteiger partial charge in [0.25, 0.3) is 0 Å². The Labute approximate surface area is 192 Å². The summed E-state index contributed by atoms with van der Waals surface area (Å²) in [5, 5.41) is 3.25. The average molecular weight is 516 g/mol. The van der Waals surface area contributed by atoms with E-state index < -0.39 is 0 Å². The third-order valence-corrected chi connectivity index (χ3v) is 5.65. The zero-order valence-corrected chi connectivity index (χ0v) is 20.0. The summed E-state index contributed by atoms with van der Waals surface area (Å²) < 4.78 is 5.37. The number of piperazine rings is 1. The number of ether oxygens (including phenoxy) is 1. The second-order valence-electron chi connectivity index (χ2n) is 7.67. The van der Waals surface area contributed by atoms with Crippen molar-refractivity contribution in [1.82, 2.24) is 15.1 Å². The van der Waals surface area contributed by atoms with Gasteiger partial charge in [0.05, 0.1) is 19.8 Å². The molecule has 0 spiro atoms. The van der Waals surface area contributed by atoms with Crippen LogP contribution in [-0.2, 0) is 4.74 Å². The van der Waals surface area contributed by atoms with Gasteiger partial charge in [-0.05, 0) is 32.0 Å². The number of para-hydroxylation sites is 1. The molecule has 0 aliphatic carbocycles. The second-order valence-corrected chi connectivity index (χ2v) is 7.67. The van der Waals surface area contributed by atoms with Crippen LogP contribution in [0.15, 0.2) is 35.3 Å². The minimum Gasteiger partial charge on any atom is -0.379 e. The maximum absolute atomic E-state index is 6.05. The van der Waals surface area contributed by atoms with Gasteiger partial charge in [-0.3, -0.25) is 14.8 Å². The van der Waals surface area contributed by atoms with E-state index in [1.54, 1.807) is 0 Å². The van der Waals surface area contributed by atoms with Gasteiger partial charge in [-0.2, -0.15) is 0 Å². The van der Waals surface area contributed by atoms with Crippen molar-refractivity contribution in [3.05, 3.63) is 30.3 Å². The van der Waals surface area contributed by atoms with Crippen LogP contribution in [0.1, 0.15) is 13.3 Å². The monoisotopic (exact) mass is 516 g/mol. The summed E-state index contributed by atoms with van der Waals surface area (Å²) in [4.78, 5) is 12.0. The number of guanidine groups is 1. The van der Waals surface area contributed by atoms with Crippen LogP contribution >= 0.6 is 24.0 Å². The van der Waals surface area contributed by atoms with Crippen molar-refractivity contribution >= 4 is 35.6 Å². The highest BCUT2D eigenvalue weighted by molar-refractivity contribution is 14.0. The molecular weight excluding hydrogens is 479 g/mol. The zero-order chi connectivity index (χ0) is 19.6. The number of halogens is 1. The number of nitrogens with two attached hydrogens (primary N) is 1. The Kier molecular flexibility index (Phi) is 11.0. The number of morpholine rings is 1. The van der Waals surface area contributed by atoms with Crippen LogP contribution < -0.4 is 16.0 Å². The maximum atomic E-state index is 6.05. The van der Waals surface area contributed by atoms with Crippen molar-refractivity contribution in [3.8, 4) is 0 Å². The Morgan fingerprint density at radius 2 is 1.79 bits per heavy atom. The van der Waals surface area contributed by atoms with Gasteiger partial charge in [0, 0.05) is 57.5 Å². The van der Waals surface area contributed by atoms with Crippen LogP contribution in [0.4, 0.5) is 5.69 Å². The first-order valence-electron chi connectivity index (χ1n) is 10.6. The molecule has 1 aromatic carbocycles. The van der Waals surface area contributed by atoms with Crippen LogP contribution in [0.25, 0.3) is 0 Å². The lowest BCUT2D eigenvalue weighted by molar-refractivity contribution is 0.0376. The van der Waals surface area contributed by atoms with E-state index in [0.29, 0.717) is 12.0 Å². The number of benzene rings is 1. The van der Waals surface area contributed by atoms with Gasteiger partial charge in [-0.25, -0.2) is 0 Å². The van der Waals surface area contributed by atoms with Crippen LogP contribution in [-0.4, -0.2) is 93.9 Å². The molecule has 2 fully saturated rings. The summed E-state index contributed by atoms with van der Waals surface area (Å²) in [5.74, 6) is 0.566. The lowest BCUT2D eigenvalue weighted by Gasteiger charge is -2.38. The molecule has 3 rings (SSSR count). The Morgan fingerprint density at radius 3 is 2.48 bits per heavy atom. The topological polar surface area (TPSA) is 69.4 Å². The van der Waals surface area contributed by atoms with E-state index in [1.807, 2.05) is 0 Å². The summed E-state index contributed by atoms with van der Waals surface area (Å²) in [6.45, 7) is 13.0. The molecule has 1 atom stereocenters. The molecule has 7 nitrogen and oxygen atoms in total. The standard InChI is InChI=1S/C21H36N6O.HI/c1-19(26-10-12-27(13-11-26)20-6-3-2-4-7-20)18-24-21(22)23-8-5-9-25-14-16-28-17-15-25;/h2-4,6-7,19H,5,8-18H2,1H3,(H3,22,23,24);1H. The molecule has 1 aromatic rings. The van der Waals surface area contributed by atoms with Crippen molar-refractivity contribution in [2.45, 2.75) is 19.4 Å². The average Bonchev–Trinajstić information content (AvgIpc) is 2.76. The highest BCUT2D eigenvalue weighted by Gasteiger charge is 2.21. The van der Waals surface area contributed by atoms with Crippen molar-refractivity contribution < 1.29 is 4.74 Å². The number of nitrogens with one attached hydrogen (secondary N) is 1. The van der Waals surface area contributed by atoms with Crippen LogP contribution in [0, 0.1) is 0 Å². The Balaban J connectivity index is 0.00000300. The fraction of sp³-hybridized carbons (Fsp3) is 0.667. The molecule has 1 unspecified atom stereocenters. The predicted molar refractivity (Wildman–Crippen MR) is 131 cm³/mol. The number of hydrogen-bond acceptors (Lipinski definition) is 5. The Hall–Kier alpha value is -1.10. The second kappa shape index (κ2) is 13.3. The van der Waals surface area contributed by atoms with E-state index in [9.17, 15) is 0 Å². The summed E-state index contributed by atoms with van der Waals surface area (Å²) in [6, 6.07) is 11.1. The van der Waals surface area contributed by atoms with Gasteiger partial charge < -0.3 is 20.7 Å². The van der Waals surface area contributed by atoms with Gasteiger partial charge in [0.15, 0.2) is 5.96 Å². The molecule has 2 heterocycles. The van der Waals surface area contributed by atoms with E-state index in [2.05, 4.69) is 62.3 Å². The van der Waals surface area contributed by atoms with E-state index in [1.165, 1.54) is 5.69 Å². The van der Waals surface area contributed by atoms with Crippen LogP contribution in [0.2, 0.25) is 0 Å². The van der Waals surface area contributed by atoms with Gasteiger partial charge in [0.2, 0.25) is 0 Å². The van der Waals surface area contributed by atoms with E-state index in [0.717, 1.165) is 78.5 Å². The number of nitrogens with zero attached hydrogens (tertiary/aromatic N) is 4. The number of rotatable bonds is 8. The third kappa shape index (κ3) is 8.27. The summed E-state index contributed by atoms with van der Waals surface area (Å²) in [5.41, 5.74) is 7.37. The van der Waals surface area contributed by atoms with Gasteiger partial charge in [-0.15, -0.1) is 24.0 Å². The molecule has 0 amide bonds. The van der Waals surface area contributed by atoms with Crippen LogP contribution in [0.3, 0.4) is 0 Å². The lowest BCUT2D eigenvalue weighted by Crippen LogP contribution is -2.50. The number of anilines is 1. The number of hydrogen-bond donors (Lipinski definition) is 2. The van der Waals surface area contributed by atoms with Gasteiger partial charge >= 0.3 is 0 Å². The fourth-order valence-corrected chi connectivity index (χ4v) is 3.81. The summed E-state index contributed by atoms with van der Waals surface area (Å²) in [7, 11) is 0. The molecule has 2 saturated heterocycles. The molecule has 0 aromatic heterocycles. The largest absolute Gasteiger partial charge is 0.379 e. The SMILES string of the molecule is CC(CN=C(N)NCCCN1CCOCC1)N1CCN(c2ccccc2)CC1.I. The van der Waals surface area contributed by atoms with E-state index in [-0.39, 0.29) is 24.0 Å². The molecule has 164 valence electrons. The molecule has 2 aliphatic heterocycles. The minimum atomic E-state index is 0. The lowest BCUT2D eigenvalue weighted by atomic mass is 10.2. The molecule has 3 N–H and O–H groups in total. The zero-order valence-electron chi connectivity index (χ0n) is 17.6. The first kappa shape index (κ1) is 24.2. The smallest absolute Gasteiger partial charge is 0.188 e. The molecule has 8 heteroatoms. The molecule has 0 saturated carbocycles. The van der Waals surface area contributed by atoms with Gasteiger partial charge in [-0.1, -0.05) is 18.2 Å². The normalized spacial score (nSPS) is 20.2. The quantitative estimate of drug-likeness (QED) is 0.236. The van der Waals surface area contributed by atoms with Crippen molar-refractivity contribution in [2.75, 3.05) is 77.0 Å². The summed E-state index contributed by atoms with van der Waals surface area (Å²) >= 11 is 0.